The first-order valence-corrected chi connectivity index (χ1v) is 9.67. The molecule has 1 aromatic heterocycles. The molecule has 1 saturated heterocycles. The smallest absolute Gasteiger partial charge is 0.224 e. The minimum absolute atomic E-state index is 0.0463. The van der Waals surface area contributed by atoms with Crippen molar-refractivity contribution in [1.82, 2.24) is 10.2 Å². The highest BCUT2D eigenvalue weighted by Gasteiger charge is 2.21. The highest BCUT2D eigenvalue weighted by Crippen LogP contribution is 2.21. The van der Waals surface area contributed by atoms with E-state index in [1.165, 1.54) is 5.56 Å². The molecule has 4 nitrogen and oxygen atoms in total. The normalized spacial score (nSPS) is 16.0. The van der Waals surface area contributed by atoms with E-state index in [-0.39, 0.29) is 5.91 Å². The first-order valence-electron chi connectivity index (χ1n) is 9.29. The van der Waals surface area contributed by atoms with Crippen LogP contribution in [-0.2, 0) is 17.8 Å². The lowest BCUT2D eigenvalue weighted by Crippen LogP contribution is -2.38. The fraction of sp³-hybridized carbons (Fsp3) is 0.476. The number of furan rings is 1. The summed E-state index contributed by atoms with van der Waals surface area (Å²) >= 11 is 6.12. The van der Waals surface area contributed by atoms with E-state index in [0.717, 1.165) is 56.1 Å². The van der Waals surface area contributed by atoms with Crippen LogP contribution in [0.5, 0.6) is 0 Å². The van der Waals surface area contributed by atoms with Gasteiger partial charge in [0.25, 0.3) is 0 Å². The third kappa shape index (κ3) is 5.12. The van der Waals surface area contributed by atoms with Gasteiger partial charge in [-0.1, -0.05) is 29.8 Å². The van der Waals surface area contributed by atoms with E-state index in [4.69, 9.17) is 16.0 Å². The first kappa shape index (κ1) is 19.0. The number of hydrogen-bond acceptors (Lipinski definition) is 3. The van der Waals surface area contributed by atoms with Crippen molar-refractivity contribution in [1.29, 1.82) is 0 Å². The molecule has 3 rings (SSSR count). The summed E-state index contributed by atoms with van der Waals surface area (Å²) in [5.41, 5.74) is 2.17. The van der Waals surface area contributed by atoms with Crippen LogP contribution in [0.2, 0.25) is 5.02 Å². The maximum atomic E-state index is 12.2. The molecule has 2 aromatic rings. The van der Waals surface area contributed by atoms with E-state index in [2.05, 4.69) is 16.3 Å². The van der Waals surface area contributed by atoms with Crippen LogP contribution in [0.15, 0.2) is 34.7 Å². The molecular weight excluding hydrogens is 348 g/mol. The Hall–Kier alpha value is -1.78. The number of hydrogen-bond donors (Lipinski definition) is 1. The van der Waals surface area contributed by atoms with Crippen LogP contribution < -0.4 is 5.32 Å². The molecule has 1 N–H and O–H groups in total. The zero-order valence-corrected chi connectivity index (χ0v) is 16.3. The molecule has 0 atom stereocenters. The standard InChI is InChI=1S/C21H27ClN2O2/c1-15-11-19(16(2)26-15)14-24-9-7-17(8-10-24)13-23-21(25)12-18-5-3-4-6-20(18)22/h3-6,11,17H,7-10,12-14H2,1-2H3,(H,23,25). The van der Waals surface area contributed by atoms with Crippen molar-refractivity contribution in [3.05, 3.63) is 58.0 Å². The largest absolute Gasteiger partial charge is 0.466 e. The third-order valence-corrected chi connectivity index (χ3v) is 5.51. The third-order valence-electron chi connectivity index (χ3n) is 5.14. The quantitative estimate of drug-likeness (QED) is 0.827. The van der Waals surface area contributed by atoms with E-state index in [1.807, 2.05) is 38.1 Å². The number of carbonyl (C=O) groups excluding carboxylic acids is 1. The Bertz CT molecular complexity index is 748. The Balaban J connectivity index is 1.39. The van der Waals surface area contributed by atoms with Gasteiger partial charge < -0.3 is 9.73 Å². The van der Waals surface area contributed by atoms with E-state index in [9.17, 15) is 4.79 Å². The molecule has 5 heteroatoms. The van der Waals surface area contributed by atoms with Crippen LogP contribution in [0.4, 0.5) is 0 Å². The van der Waals surface area contributed by atoms with Crippen LogP contribution in [-0.4, -0.2) is 30.4 Å². The lowest BCUT2D eigenvalue weighted by Gasteiger charge is -2.31. The maximum absolute atomic E-state index is 12.2. The number of benzene rings is 1. The van der Waals surface area contributed by atoms with Crippen molar-refractivity contribution in [3.63, 3.8) is 0 Å². The van der Waals surface area contributed by atoms with Crippen LogP contribution in [0.3, 0.4) is 0 Å². The summed E-state index contributed by atoms with van der Waals surface area (Å²) in [7, 11) is 0. The van der Waals surface area contributed by atoms with Gasteiger partial charge in [-0.2, -0.15) is 0 Å². The molecule has 0 aliphatic carbocycles. The topological polar surface area (TPSA) is 45.5 Å². The molecule has 1 amide bonds. The summed E-state index contributed by atoms with van der Waals surface area (Å²) in [6, 6.07) is 9.65. The molecular formula is C21H27ClN2O2. The number of likely N-dealkylation sites (tertiary alicyclic amines) is 1. The average Bonchev–Trinajstić information content (AvgIpc) is 2.93. The van der Waals surface area contributed by atoms with Gasteiger partial charge in [0, 0.05) is 23.7 Å². The van der Waals surface area contributed by atoms with Gasteiger partial charge in [-0.05, 0) is 63.4 Å². The van der Waals surface area contributed by atoms with Gasteiger partial charge in [0.15, 0.2) is 0 Å². The zero-order valence-electron chi connectivity index (χ0n) is 15.6. The Morgan fingerprint density at radius 1 is 1.23 bits per heavy atom. The zero-order chi connectivity index (χ0) is 18.5. The van der Waals surface area contributed by atoms with E-state index in [1.54, 1.807) is 0 Å². The van der Waals surface area contributed by atoms with Gasteiger partial charge in [0.1, 0.15) is 11.5 Å². The van der Waals surface area contributed by atoms with Crippen LogP contribution in [0.1, 0.15) is 35.5 Å². The van der Waals surface area contributed by atoms with Crippen molar-refractivity contribution in [2.24, 2.45) is 5.92 Å². The molecule has 26 heavy (non-hydrogen) atoms. The molecule has 1 aromatic carbocycles. The van der Waals surface area contributed by atoms with Crippen molar-refractivity contribution in [3.8, 4) is 0 Å². The molecule has 1 aliphatic heterocycles. The second-order valence-electron chi connectivity index (χ2n) is 7.23. The first-order chi connectivity index (χ1) is 12.5. The molecule has 0 saturated carbocycles. The molecule has 0 radical (unpaired) electrons. The number of nitrogens with zero attached hydrogens (tertiary/aromatic N) is 1. The molecule has 0 spiro atoms. The number of rotatable bonds is 6. The fourth-order valence-electron chi connectivity index (χ4n) is 3.57. The Morgan fingerprint density at radius 3 is 2.62 bits per heavy atom. The fourth-order valence-corrected chi connectivity index (χ4v) is 3.77. The summed E-state index contributed by atoms with van der Waals surface area (Å²) < 4.78 is 5.62. The van der Waals surface area contributed by atoms with Crippen molar-refractivity contribution >= 4 is 17.5 Å². The highest BCUT2D eigenvalue weighted by atomic mass is 35.5. The summed E-state index contributed by atoms with van der Waals surface area (Å²) in [6.07, 6.45) is 2.57. The lowest BCUT2D eigenvalue weighted by molar-refractivity contribution is -0.120. The second kappa shape index (κ2) is 8.74. The molecule has 0 bridgehead atoms. The minimum Gasteiger partial charge on any atom is -0.466 e. The van der Waals surface area contributed by atoms with Gasteiger partial charge in [0.05, 0.1) is 6.42 Å². The lowest BCUT2D eigenvalue weighted by atomic mass is 9.96. The molecule has 2 heterocycles. The molecule has 140 valence electrons. The molecule has 1 fully saturated rings. The number of piperidine rings is 1. The molecule has 1 aliphatic rings. The van der Waals surface area contributed by atoms with Crippen molar-refractivity contribution in [2.75, 3.05) is 19.6 Å². The summed E-state index contributed by atoms with van der Waals surface area (Å²) in [5.74, 6) is 2.60. The van der Waals surface area contributed by atoms with E-state index >= 15 is 0 Å². The number of amides is 1. The summed E-state index contributed by atoms with van der Waals surface area (Å²) in [5, 5.41) is 3.73. The van der Waals surface area contributed by atoms with Crippen LogP contribution in [0, 0.1) is 19.8 Å². The van der Waals surface area contributed by atoms with Crippen LogP contribution in [0.25, 0.3) is 0 Å². The van der Waals surface area contributed by atoms with E-state index < -0.39 is 0 Å². The predicted octanol–water partition coefficient (Wildman–Crippen LogP) is 4.12. The van der Waals surface area contributed by atoms with Gasteiger partial charge in [-0.3, -0.25) is 9.69 Å². The van der Waals surface area contributed by atoms with Gasteiger partial charge in [-0.25, -0.2) is 0 Å². The van der Waals surface area contributed by atoms with E-state index in [0.29, 0.717) is 17.4 Å². The minimum atomic E-state index is 0.0463. The average molecular weight is 375 g/mol. The maximum Gasteiger partial charge on any atom is 0.224 e. The van der Waals surface area contributed by atoms with Crippen molar-refractivity contribution in [2.45, 2.75) is 39.7 Å². The van der Waals surface area contributed by atoms with Crippen LogP contribution >= 0.6 is 11.6 Å². The molecule has 0 unspecified atom stereocenters. The summed E-state index contributed by atoms with van der Waals surface area (Å²) in [6.45, 7) is 7.86. The highest BCUT2D eigenvalue weighted by molar-refractivity contribution is 6.31. The SMILES string of the molecule is Cc1cc(CN2CCC(CNC(=O)Cc3ccccc3Cl)CC2)c(C)o1. The second-order valence-corrected chi connectivity index (χ2v) is 7.64. The number of aryl methyl sites for hydroxylation is 2. The van der Waals surface area contributed by atoms with Gasteiger partial charge in [-0.15, -0.1) is 0 Å². The van der Waals surface area contributed by atoms with Gasteiger partial charge in [0.2, 0.25) is 5.91 Å². The predicted molar refractivity (Wildman–Crippen MR) is 104 cm³/mol. The van der Waals surface area contributed by atoms with Gasteiger partial charge >= 0.3 is 0 Å². The Labute approximate surface area is 160 Å². The monoisotopic (exact) mass is 374 g/mol. The Morgan fingerprint density at radius 2 is 1.96 bits per heavy atom. The Kier molecular flexibility index (Phi) is 6.38. The number of carbonyl (C=O) groups is 1. The summed E-state index contributed by atoms with van der Waals surface area (Å²) in [4.78, 5) is 14.6. The number of halogens is 1. The number of nitrogens with one attached hydrogen (secondary N) is 1. The van der Waals surface area contributed by atoms with Crippen molar-refractivity contribution < 1.29 is 9.21 Å².